The number of benzene rings is 2. The molecule has 2 N–H and O–H groups in total. The van der Waals surface area contributed by atoms with Crippen LogP contribution in [0.5, 0.6) is 0 Å². The Balaban J connectivity index is 1.97. The van der Waals surface area contributed by atoms with Crippen molar-refractivity contribution in [2.45, 2.75) is 13.0 Å². The lowest BCUT2D eigenvalue weighted by atomic mass is 10.1. The largest absolute Gasteiger partial charge is 0.370 e. The molecule has 3 nitrogen and oxygen atoms in total. The van der Waals surface area contributed by atoms with E-state index in [0.29, 0.717) is 5.69 Å². The van der Waals surface area contributed by atoms with Crippen molar-refractivity contribution >= 4 is 33.2 Å². The van der Waals surface area contributed by atoms with E-state index in [4.69, 9.17) is 0 Å². The van der Waals surface area contributed by atoms with E-state index in [1.807, 2.05) is 25.1 Å². The number of hydrogen-bond donors (Lipinski definition) is 2. The van der Waals surface area contributed by atoms with Crippen molar-refractivity contribution in [1.82, 2.24) is 0 Å². The third-order valence-electron chi connectivity index (χ3n) is 3.34. The van der Waals surface area contributed by atoms with Gasteiger partial charge in [-0.3, -0.25) is 4.79 Å². The molecule has 0 saturated carbocycles. The minimum Gasteiger partial charge on any atom is -0.370 e. The van der Waals surface area contributed by atoms with E-state index in [1.165, 1.54) is 12.1 Å². The average Bonchev–Trinajstić information content (AvgIpc) is 2.70. The molecule has 0 bridgehead atoms. The minimum absolute atomic E-state index is 0.137. The summed E-state index contributed by atoms with van der Waals surface area (Å²) in [5.41, 5.74) is 3.15. The van der Waals surface area contributed by atoms with Crippen molar-refractivity contribution in [2.75, 3.05) is 10.6 Å². The summed E-state index contributed by atoms with van der Waals surface area (Å²) >= 11 is 3.40. The Morgan fingerprint density at radius 2 is 2.05 bits per heavy atom. The first-order valence-electron chi connectivity index (χ1n) is 6.17. The molecule has 1 atom stereocenters. The van der Waals surface area contributed by atoms with Crippen LogP contribution in [-0.4, -0.2) is 5.91 Å². The average molecular weight is 335 g/mol. The highest BCUT2D eigenvalue weighted by atomic mass is 79.9. The second-order valence-corrected chi connectivity index (χ2v) is 5.67. The lowest BCUT2D eigenvalue weighted by molar-refractivity contribution is -0.116. The summed E-state index contributed by atoms with van der Waals surface area (Å²) in [5.74, 6) is -0.465. The van der Waals surface area contributed by atoms with Crippen molar-refractivity contribution < 1.29 is 9.18 Å². The lowest BCUT2D eigenvalue weighted by Gasteiger charge is -2.15. The van der Waals surface area contributed by atoms with Gasteiger partial charge in [0, 0.05) is 21.4 Å². The number of anilines is 2. The number of carbonyl (C=O) groups is 1. The molecule has 0 aromatic heterocycles. The maximum atomic E-state index is 13.3. The van der Waals surface area contributed by atoms with Crippen LogP contribution >= 0.6 is 15.9 Å². The second kappa shape index (κ2) is 4.90. The Kier molecular flexibility index (Phi) is 3.22. The number of carbonyl (C=O) groups excluding carboxylic acids is 1. The first-order valence-corrected chi connectivity index (χ1v) is 6.97. The molecule has 0 fully saturated rings. The monoisotopic (exact) mass is 334 g/mol. The highest BCUT2D eigenvalue weighted by Gasteiger charge is 2.30. The highest BCUT2D eigenvalue weighted by molar-refractivity contribution is 9.10. The van der Waals surface area contributed by atoms with E-state index in [2.05, 4.69) is 26.6 Å². The van der Waals surface area contributed by atoms with Crippen LogP contribution in [0.3, 0.4) is 0 Å². The molecule has 3 rings (SSSR count). The van der Waals surface area contributed by atoms with E-state index in [9.17, 15) is 9.18 Å². The standard InChI is InChI=1S/C15H12BrFN2O/c1-8-2-4-10(17)7-13(8)18-14-11-6-9(16)3-5-12(11)19-15(14)20/h2-7,14,18H,1H3,(H,19,20). The zero-order valence-corrected chi connectivity index (χ0v) is 12.3. The molecular weight excluding hydrogens is 323 g/mol. The Labute approximate surface area is 124 Å². The van der Waals surface area contributed by atoms with Gasteiger partial charge >= 0.3 is 0 Å². The SMILES string of the molecule is Cc1ccc(F)cc1NC1C(=O)Nc2ccc(Br)cc21. The van der Waals surface area contributed by atoms with Crippen LogP contribution in [0.1, 0.15) is 17.2 Å². The normalized spacial score (nSPS) is 16.8. The molecule has 1 unspecified atom stereocenters. The zero-order chi connectivity index (χ0) is 14.3. The fourth-order valence-electron chi connectivity index (χ4n) is 2.28. The molecule has 102 valence electrons. The van der Waals surface area contributed by atoms with Gasteiger partial charge in [-0.25, -0.2) is 4.39 Å². The molecule has 0 saturated heterocycles. The maximum absolute atomic E-state index is 13.3. The van der Waals surface area contributed by atoms with Gasteiger partial charge in [0.2, 0.25) is 0 Å². The van der Waals surface area contributed by atoms with Crippen LogP contribution in [0.4, 0.5) is 15.8 Å². The summed E-state index contributed by atoms with van der Waals surface area (Å²) in [5, 5.41) is 5.92. The summed E-state index contributed by atoms with van der Waals surface area (Å²) in [6.07, 6.45) is 0. The summed E-state index contributed by atoms with van der Waals surface area (Å²) in [6.45, 7) is 1.87. The lowest BCUT2D eigenvalue weighted by Crippen LogP contribution is -2.20. The van der Waals surface area contributed by atoms with Crippen molar-refractivity contribution in [3.05, 3.63) is 57.8 Å². The molecule has 5 heteroatoms. The summed E-state index contributed by atoms with van der Waals surface area (Å²) < 4.78 is 14.2. The molecule has 1 heterocycles. The van der Waals surface area contributed by atoms with Gasteiger partial charge in [-0.05, 0) is 42.8 Å². The van der Waals surface area contributed by atoms with Gasteiger partial charge in [-0.2, -0.15) is 0 Å². The van der Waals surface area contributed by atoms with Gasteiger partial charge in [0.1, 0.15) is 11.9 Å². The Morgan fingerprint density at radius 1 is 1.25 bits per heavy atom. The van der Waals surface area contributed by atoms with Crippen LogP contribution in [0.25, 0.3) is 0 Å². The third kappa shape index (κ3) is 2.29. The van der Waals surface area contributed by atoms with E-state index in [1.54, 1.807) is 6.07 Å². The molecular formula is C15H12BrFN2O. The molecule has 1 aliphatic heterocycles. The zero-order valence-electron chi connectivity index (χ0n) is 10.7. The van der Waals surface area contributed by atoms with Gasteiger partial charge in [-0.1, -0.05) is 22.0 Å². The van der Waals surface area contributed by atoms with E-state index >= 15 is 0 Å². The fraction of sp³-hybridized carbons (Fsp3) is 0.133. The molecule has 1 aliphatic rings. The van der Waals surface area contributed by atoms with Crippen molar-refractivity contribution in [2.24, 2.45) is 0 Å². The van der Waals surface area contributed by atoms with Gasteiger partial charge < -0.3 is 10.6 Å². The van der Waals surface area contributed by atoms with Crippen LogP contribution in [0.15, 0.2) is 40.9 Å². The van der Waals surface area contributed by atoms with Crippen LogP contribution in [0, 0.1) is 12.7 Å². The van der Waals surface area contributed by atoms with Crippen molar-refractivity contribution in [3.63, 3.8) is 0 Å². The number of hydrogen-bond acceptors (Lipinski definition) is 2. The molecule has 2 aromatic carbocycles. The first kappa shape index (κ1) is 13.1. The topological polar surface area (TPSA) is 41.1 Å². The van der Waals surface area contributed by atoms with Crippen molar-refractivity contribution in [3.8, 4) is 0 Å². The van der Waals surface area contributed by atoms with Gasteiger partial charge in [0.25, 0.3) is 5.91 Å². The molecule has 2 aromatic rings. The van der Waals surface area contributed by atoms with E-state index in [0.717, 1.165) is 21.3 Å². The summed E-state index contributed by atoms with van der Waals surface area (Å²) in [4.78, 5) is 12.1. The summed E-state index contributed by atoms with van der Waals surface area (Å²) in [7, 11) is 0. The van der Waals surface area contributed by atoms with Gasteiger partial charge in [-0.15, -0.1) is 0 Å². The van der Waals surface area contributed by atoms with Crippen LogP contribution < -0.4 is 10.6 Å². The predicted molar refractivity (Wildman–Crippen MR) is 80.3 cm³/mol. The first-order chi connectivity index (χ1) is 9.54. The number of nitrogens with one attached hydrogen (secondary N) is 2. The van der Waals surface area contributed by atoms with Crippen LogP contribution in [-0.2, 0) is 4.79 Å². The number of fused-ring (bicyclic) bond motifs is 1. The molecule has 0 radical (unpaired) electrons. The van der Waals surface area contributed by atoms with E-state index in [-0.39, 0.29) is 11.7 Å². The third-order valence-corrected chi connectivity index (χ3v) is 3.84. The van der Waals surface area contributed by atoms with Crippen molar-refractivity contribution in [1.29, 1.82) is 0 Å². The Morgan fingerprint density at radius 3 is 2.85 bits per heavy atom. The smallest absolute Gasteiger partial charge is 0.251 e. The molecule has 0 aliphatic carbocycles. The van der Waals surface area contributed by atoms with Crippen LogP contribution in [0.2, 0.25) is 0 Å². The van der Waals surface area contributed by atoms with Gasteiger partial charge in [0.05, 0.1) is 0 Å². The number of rotatable bonds is 2. The Hall–Kier alpha value is -1.88. The molecule has 0 spiro atoms. The quantitative estimate of drug-likeness (QED) is 0.871. The fourth-order valence-corrected chi connectivity index (χ4v) is 2.66. The summed E-state index contributed by atoms with van der Waals surface area (Å²) in [6, 6.07) is 9.58. The maximum Gasteiger partial charge on any atom is 0.251 e. The molecule has 20 heavy (non-hydrogen) atoms. The highest BCUT2D eigenvalue weighted by Crippen LogP contribution is 2.35. The Bertz CT molecular complexity index is 702. The van der Waals surface area contributed by atoms with E-state index < -0.39 is 6.04 Å². The number of amides is 1. The number of halogens is 2. The molecule has 1 amide bonds. The predicted octanol–water partition coefficient (Wildman–Crippen LogP) is 4.00. The minimum atomic E-state index is -0.511. The second-order valence-electron chi connectivity index (χ2n) is 4.76. The van der Waals surface area contributed by atoms with Gasteiger partial charge in [0.15, 0.2) is 0 Å². The number of aryl methyl sites for hydroxylation is 1.